The molecule has 0 saturated carbocycles. The van der Waals surface area contributed by atoms with Crippen LogP contribution in [0.3, 0.4) is 0 Å². The Bertz CT molecular complexity index is 1140. The van der Waals surface area contributed by atoms with E-state index in [9.17, 15) is 8.42 Å². The SMILES string of the molecule is C=C/C(=C\C=C/C)c1nc(-c2ccccc2)cn1-c1ccc(S(C)(=O)=O)cc1.CC.CC.CCl. The lowest BCUT2D eigenvalue weighted by Gasteiger charge is -2.09. The molecule has 184 valence electrons. The smallest absolute Gasteiger partial charge is 0.175 e. The Morgan fingerprint density at radius 1 is 0.971 bits per heavy atom. The van der Waals surface area contributed by atoms with Gasteiger partial charge in [0.05, 0.1) is 10.6 Å². The summed E-state index contributed by atoms with van der Waals surface area (Å²) in [4.78, 5) is 5.11. The number of imidazole rings is 1. The van der Waals surface area contributed by atoms with Crippen molar-refractivity contribution in [3.8, 4) is 16.9 Å². The highest BCUT2D eigenvalue weighted by Crippen LogP contribution is 2.26. The first-order valence-electron chi connectivity index (χ1n) is 11.2. The van der Waals surface area contributed by atoms with E-state index < -0.39 is 9.84 Å². The molecule has 0 radical (unpaired) electrons. The molecular weight excluding hydrogens is 464 g/mol. The van der Waals surface area contributed by atoms with Crippen LogP contribution in [-0.2, 0) is 9.84 Å². The maximum atomic E-state index is 11.8. The Morgan fingerprint density at radius 3 is 2.00 bits per heavy atom. The summed E-state index contributed by atoms with van der Waals surface area (Å²) in [6.45, 7) is 13.9. The fraction of sp³-hybridized carbons (Fsp3) is 0.250. The summed E-state index contributed by atoms with van der Waals surface area (Å²) >= 11 is 4.64. The van der Waals surface area contributed by atoms with Crippen LogP contribution in [0.15, 0.2) is 96.6 Å². The van der Waals surface area contributed by atoms with Crippen molar-refractivity contribution in [3.05, 3.63) is 97.5 Å². The van der Waals surface area contributed by atoms with Crippen LogP contribution >= 0.6 is 11.6 Å². The summed E-state index contributed by atoms with van der Waals surface area (Å²) in [5, 5.41) is 0. The van der Waals surface area contributed by atoms with E-state index in [0.717, 1.165) is 28.3 Å². The highest BCUT2D eigenvalue weighted by atomic mass is 35.5. The number of allylic oxidation sites excluding steroid dienone is 5. The lowest BCUT2D eigenvalue weighted by molar-refractivity contribution is 0.602. The molecular formula is C28H37ClN2O2S. The summed E-state index contributed by atoms with van der Waals surface area (Å²) < 4.78 is 25.5. The van der Waals surface area contributed by atoms with Crippen LogP contribution < -0.4 is 0 Å². The van der Waals surface area contributed by atoms with Gasteiger partial charge in [0.15, 0.2) is 9.84 Å². The summed E-state index contributed by atoms with van der Waals surface area (Å²) in [5.41, 5.74) is 3.53. The zero-order chi connectivity index (χ0) is 26.1. The third-order valence-electron chi connectivity index (χ3n) is 4.26. The number of nitrogens with zero attached hydrogens (tertiary/aromatic N) is 2. The Balaban J connectivity index is 0.00000168. The Morgan fingerprint density at radius 2 is 1.53 bits per heavy atom. The molecule has 0 spiro atoms. The van der Waals surface area contributed by atoms with Crippen molar-refractivity contribution in [2.24, 2.45) is 0 Å². The maximum absolute atomic E-state index is 11.8. The molecule has 0 fully saturated rings. The van der Waals surface area contributed by atoms with E-state index >= 15 is 0 Å². The number of aromatic nitrogens is 2. The van der Waals surface area contributed by atoms with Crippen LogP contribution in [-0.4, -0.2) is 30.6 Å². The van der Waals surface area contributed by atoms with E-state index in [2.05, 4.69) is 18.2 Å². The van der Waals surface area contributed by atoms with Gasteiger partial charge in [0.2, 0.25) is 0 Å². The molecule has 0 aliphatic rings. The molecule has 0 saturated heterocycles. The third-order valence-corrected chi connectivity index (χ3v) is 5.39. The number of rotatable bonds is 6. The number of sulfone groups is 1. The van der Waals surface area contributed by atoms with E-state index in [1.165, 1.54) is 12.6 Å². The Kier molecular flexibility index (Phi) is 15.3. The van der Waals surface area contributed by atoms with Gasteiger partial charge in [-0.1, -0.05) is 88.9 Å². The van der Waals surface area contributed by atoms with Gasteiger partial charge in [-0.15, -0.1) is 11.6 Å². The quantitative estimate of drug-likeness (QED) is 0.254. The standard InChI is InChI=1S/C23H22N2O2S.2C2H6.CH3Cl/c1-4-6-10-18(5-2)23-24-22(19-11-8-7-9-12-19)17-25(23)20-13-15-21(16-14-20)28(3,26)27;3*1-2/h4-17H,2H2,1,3H3;2*1-2H3;1H3/b6-4-,18-10+;;;. The molecule has 6 heteroatoms. The second kappa shape index (κ2) is 16.7. The second-order valence-electron chi connectivity index (χ2n) is 6.30. The maximum Gasteiger partial charge on any atom is 0.175 e. The van der Waals surface area contributed by atoms with Crippen LogP contribution in [0, 0.1) is 0 Å². The molecule has 0 atom stereocenters. The predicted octanol–water partition coefficient (Wildman–Crippen LogP) is 8.00. The van der Waals surface area contributed by atoms with Gasteiger partial charge in [-0.05, 0) is 31.2 Å². The van der Waals surface area contributed by atoms with Gasteiger partial charge in [-0.25, -0.2) is 13.4 Å². The van der Waals surface area contributed by atoms with E-state index in [4.69, 9.17) is 4.98 Å². The molecule has 2 aromatic carbocycles. The van der Waals surface area contributed by atoms with Crippen molar-refractivity contribution in [2.75, 3.05) is 12.6 Å². The molecule has 3 aromatic rings. The Hall–Kier alpha value is -2.89. The average Bonchev–Trinajstić information content (AvgIpc) is 3.34. The van der Waals surface area contributed by atoms with Crippen LogP contribution in [0.1, 0.15) is 40.4 Å². The van der Waals surface area contributed by atoms with Gasteiger partial charge in [-0.3, -0.25) is 4.57 Å². The highest BCUT2D eigenvalue weighted by Gasteiger charge is 2.14. The summed E-state index contributed by atoms with van der Waals surface area (Å²) in [6, 6.07) is 16.7. The Labute approximate surface area is 211 Å². The predicted molar refractivity (Wildman–Crippen MR) is 150 cm³/mol. The lowest BCUT2D eigenvalue weighted by atomic mass is 10.2. The van der Waals surface area contributed by atoms with Crippen molar-refractivity contribution in [1.82, 2.24) is 9.55 Å². The molecule has 0 bridgehead atoms. The van der Waals surface area contributed by atoms with Gasteiger partial charge < -0.3 is 0 Å². The normalized spacial score (nSPS) is 10.8. The largest absolute Gasteiger partial charge is 0.299 e. The van der Waals surface area contributed by atoms with E-state index in [-0.39, 0.29) is 4.90 Å². The first-order valence-corrected chi connectivity index (χ1v) is 13.9. The van der Waals surface area contributed by atoms with Gasteiger partial charge in [0.1, 0.15) is 5.82 Å². The topological polar surface area (TPSA) is 52.0 Å². The van der Waals surface area contributed by atoms with E-state index in [1.54, 1.807) is 30.3 Å². The van der Waals surface area contributed by atoms with Crippen molar-refractivity contribution in [1.29, 1.82) is 0 Å². The van der Waals surface area contributed by atoms with Crippen LogP contribution in [0.5, 0.6) is 0 Å². The van der Waals surface area contributed by atoms with E-state index in [1.807, 2.05) is 93.9 Å². The molecule has 3 rings (SSSR count). The minimum absolute atomic E-state index is 0.287. The summed E-state index contributed by atoms with van der Waals surface area (Å²) in [5.74, 6) is 0.735. The van der Waals surface area contributed by atoms with Crippen LogP contribution in [0.2, 0.25) is 0 Å². The van der Waals surface area contributed by atoms with Crippen molar-refractivity contribution >= 4 is 27.0 Å². The molecule has 0 aliphatic carbocycles. The number of hydrogen-bond donors (Lipinski definition) is 0. The zero-order valence-corrected chi connectivity index (χ0v) is 22.9. The van der Waals surface area contributed by atoms with E-state index in [0.29, 0.717) is 0 Å². The molecule has 0 amide bonds. The molecule has 0 aliphatic heterocycles. The number of benzene rings is 2. The lowest BCUT2D eigenvalue weighted by Crippen LogP contribution is -2.01. The van der Waals surface area contributed by atoms with Crippen molar-refractivity contribution in [3.63, 3.8) is 0 Å². The van der Waals surface area contributed by atoms with Gasteiger partial charge in [0, 0.05) is 35.7 Å². The molecule has 4 nitrogen and oxygen atoms in total. The highest BCUT2D eigenvalue weighted by molar-refractivity contribution is 7.90. The summed E-state index contributed by atoms with van der Waals surface area (Å²) in [6.07, 6.45) is 12.2. The molecule has 1 heterocycles. The first kappa shape index (κ1) is 31.1. The van der Waals surface area contributed by atoms with Gasteiger partial charge >= 0.3 is 0 Å². The average molecular weight is 501 g/mol. The zero-order valence-electron chi connectivity index (χ0n) is 21.3. The van der Waals surface area contributed by atoms with Gasteiger partial charge in [-0.2, -0.15) is 0 Å². The molecule has 0 unspecified atom stereocenters. The fourth-order valence-electron chi connectivity index (χ4n) is 2.82. The monoisotopic (exact) mass is 500 g/mol. The van der Waals surface area contributed by atoms with Gasteiger partial charge in [0.25, 0.3) is 0 Å². The fourth-order valence-corrected chi connectivity index (χ4v) is 3.45. The summed E-state index contributed by atoms with van der Waals surface area (Å²) in [7, 11) is -3.24. The van der Waals surface area contributed by atoms with Crippen LogP contribution in [0.25, 0.3) is 22.5 Å². The second-order valence-corrected chi connectivity index (χ2v) is 8.32. The van der Waals surface area contributed by atoms with Crippen molar-refractivity contribution < 1.29 is 8.42 Å². The minimum Gasteiger partial charge on any atom is -0.299 e. The number of hydrogen-bond acceptors (Lipinski definition) is 3. The first-order chi connectivity index (χ1) is 16.4. The van der Waals surface area contributed by atoms with Crippen molar-refractivity contribution in [2.45, 2.75) is 39.5 Å². The minimum atomic E-state index is -3.24. The molecule has 1 aromatic heterocycles. The molecule has 34 heavy (non-hydrogen) atoms. The third kappa shape index (κ3) is 8.81. The van der Waals surface area contributed by atoms with Crippen LogP contribution in [0.4, 0.5) is 0 Å². The number of halogens is 1. The number of alkyl halides is 1. The molecule has 0 N–H and O–H groups in total.